The molecule has 14 heavy (non-hydrogen) atoms. The van der Waals surface area contributed by atoms with Gasteiger partial charge in [-0.15, -0.1) is 0 Å². The van der Waals surface area contributed by atoms with Gasteiger partial charge in [0.05, 0.1) is 12.5 Å². The molecular formula is C7H12O7. The minimum atomic E-state index is -1.68. The van der Waals surface area contributed by atoms with Crippen molar-refractivity contribution >= 4 is 5.97 Å². The molecule has 5 atom stereocenters. The third kappa shape index (κ3) is 2.20. The highest BCUT2D eigenvalue weighted by molar-refractivity contribution is 5.67. The van der Waals surface area contributed by atoms with Gasteiger partial charge in [0.25, 0.3) is 0 Å². The number of carboxylic acid groups (broad SMARTS) is 1. The van der Waals surface area contributed by atoms with Gasteiger partial charge in [-0.2, -0.15) is 0 Å². The van der Waals surface area contributed by atoms with E-state index >= 15 is 0 Å². The van der Waals surface area contributed by atoms with Gasteiger partial charge in [0.15, 0.2) is 6.29 Å². The molecule has 0 aliphatic carbocycles. The van der Waals surface area contributed by atoms with Crippen LogP contribution >= 0.6 is 0 Å². The first-order chi connectivity index (χ1) is 6.43. The molecule has 0 aromatic heterocycles. The molecule has 1 heterocycles. The van der Waals surface area contributed by atoms with Crippen molar-refractivity contribution in [3.63, 3.8) is 0 Å². The zero-order valence-electron chi connectivity index (χ0n) is 7.15. The second-order valence-electron chi connectivity index (χ2n) is 3.13. The highest BCUT2D eigenvalue weighted by Crippen LogP contribution is 2.21. The van der Waals surface area contributed by atoms with Gasteiger partial charge < -0.3 is 30.3 Å². The van der Waals surface area contributed by atoms with E-state index in [1.165, 1.54) is 0 Å². The fourth-order valence-electron chi connectivity index (χ4n) is 1.27. The van der Waals surface area contributed by atoms with E-state index in [2.05, 4.69) is 4.74 Å². The topological polar surface area (TPSA) is 127 Å². The SMILES string of the molecule is O=C(O)C[C@H]1O[C@@H](O)[C@@H](O)[C@@H](O)[C@H]1O. The molecule has 1 fully saturated rings. The molecule has 7 nitrogen and oxygen atoms in total. The van der Waals surface area contributed by atoms with E-state index in [9.17, 15) is 9.90 Å². The Balaban J connectivity index is 2.65. The van der Waals surface area contributed by atoms with Crippen LogP contribution in [0.4, 0.5) is 0 Å². The summed E-state index contributed by atoms with van der Waals surface area (Å²) in [5.41, 5.74) is 0. The van der Waals surface area contributed by atoms with Crippen molar-refractivity contribution in [1.29, 1.82) is 0 Å². The summed E-state index contributed by atoms with van der Waals surface area (Å²) < 4.78 is 4.61. The lowest BCUT2D eigenvalue weighted by Gasteiger charge is -2.37. The Hall–Kier alpha value is -0.730. The average Bonchev–Trinajstić information content (AvgIpc) is 2.10. The molecule has 0 bridgehead atoms. The molecule has 7 heteroatoms. The minimum Gasteiger partial charge on any atom is -0.481 e. The number of hydrogen-bond acceptors (Lipinski definition) is 6. The molecule has 0 amide bonds. The summed E-state index contributed by atoms with van der Waals surface area (Å²) in [6.07, 6.45) is -8.22. The van der Waals surface area contributed by atoms with Crippen LogP contribution in [0.2, 0.25) is 0 Å². The molecular weight excluding hydrogens is 196 g/mol. The van der Waals surface area contributed by atoms with E-state index in [4.69, 9.17) is 20.4 Å². The molecule has 0 saturated carbocycles. The molecule has 1 saturated heterocycles. The summed E-state index contributed by atoms with van der Waals surface area (Å²) in [5.74, 6) is -1.23. The lowest BCUT2D eigenvalue weighted by atomic mass is 9.97. The Bertz CT molecular complexity index is 218. The molecule has 5 N–H and O–H groups in total. The van der Waals surface area contributed by atoms with Crippen molar-refractivity contribution in [2.24, 2.45) is 0 Å². The van der Waals surface area contributed by atoms with Crippen LogP contribution in [0, 0.1) is 0 Å². The predicted octanol–water partition coefficient (Wildman–Crippen LogP) is -2.74. The number of ether oxygens (including phenoxy) is 1. The maximum absolute atomic E-state index is 10.3. The second-order valence-corrected chi connectivity index (χ2v) is 3.13. The number of aliphatic hydroxyl groups excluding tert-OH is 4. The Morgan fingerprint density at radius 1 is 1.07 bits per heavy atom. The Morgan fingerprint density at radius 3 is 2.14 bits per heavy atom. The molecule has 0 aromatic rings. The molecule has 0 spiro atoms. The first kappa shape index (κ1) is 11.3. The normalized spacial score (nSPS) is 43.6. The zero-order valence-corrected chi connectivity index (χ0v) is 7.15. The van der Waals surface area contributed by atoms with Crippen molar-refractivity contribution in [3.8, 4) is 0 Å². The van der Waals surface area contributed by atoms with Gasteiger partial charge in [-0.25, -0.2) is 0 Å². The summed E-state index contributed by atoms with van der Waals surface area (Å²) in [5, 5.41) is 44.9. The first-order valence-electron chi connectivity index (χ1n) is 4.03. The summed E-state index contributed by atoms with van der Waals surface area (Å²) in [6, 6.07) is 0. The quantitative estimate of drug-likeness (QED) is 0.333. The van der Waals surface area contributed by atoms with Crippen molar-refractivity contribution in [1.82, 2.24) is 0 Å². The molecule has 0 unspecified atom stereocenters. The summed E-state index contributed by atoms with van der Waals surface area (Å²) in [4.78, 5) is 10.3. The number of hydrogen-bond donors (Lipinski definition) is 5. The fourth-order valence-corrected chi connectivity index (χ4v) is 1.27. The average molecular weight is 208 g/mol. The van der Waals surface area contributed by atoms with Crippen molar-refractivity contribution < 1.29 is 35.1 Å². The third-order valence-electron chi connectivity index (χ3n) is 2.06. The molecule has 1 aliphatic rings. The first-order valence-corrected chi connectivity index (χ1v) is 4.03. The second kappa shape index (κ2) is 4.20. The van der Waals surface area contributed by atoms with E-state index in [0.29, 0.717) is 0 Å². The molecule has 1 aliphatic heterocycles. The summed E-state index contributed by atoms with van der Waals surface area (Å²) >= 11 is 0. The van der Waals surface area contributed by atoms with E-state index in [1.807, 2.05) is 0 Å². The van der Waals surface area contributed by atoms with E-state index in [0.717, 1.165) is 0 Å². The van der Waals surface area contributed by atoms with E-state index in [1.54, 1.807) is 0 Å². The van der Waals surface area contributed by atoms with Crippen LogP contribution in [0.3, 0.4) is 0 Å². The number of rotatable bonds is 2. The van der Waals surface area contributed by atoms with Gasteiger partial charge in [-0.05, 0) is 0 Å². The summed E-state index contributed by atoms with van der Waals surface area (Å²) in [6.45, 7) is 0. The lowest BCUT2D eigenvalue weighted by molar-refractivity contribution is -0.282. The Morgan fingerprint density at radius 2 is 1.64 bits per heavy atom. The van der Waals surface area contributed by atoms with Gasteiger partial charge in [0.1, 0.15) is 18.3 Å². The van der Waals surface area contributed by atoms with Gasteiger partial charge in [-0.1, -0.05) is 0 Å². The minimum absolute atomic E-state index is 0.554. The van der Waals surface area contributed by atoms with Gasteiger partial charge in [0.2, 0.25) is 0 Å². The largest absolute Gasteiger partial charge is 0.481 e. The van der Waals surface area contributed by atoms with Crippen LogP contribution in [0.15, 0.2) is 0 Å². The fraction of sp³-hybridized carbons (Fsp3) is 0.857. The van der Waals surface area contributed by atoms with Crippen LogP contribution in [-0.2, 0) is 9.53 Å². The smallest absolute Gasteiger partial charge is 0.306 e. The van der Waals surface area contributed by atoms with Crippen molar-refractivity contribution in [3.05, 3.63) is 0 Å². The highest BCUT2D eigenvalue weighted by atomic mass is 16.6. The maximum Gasteiger partial charge on any atom is 0.306 e. The highest BCUT2D eigenvalue weighted by Gasteiger charge is 2.43. The van der Waals surface area contributed by atoms with E-state index in [-0.39, 0.29) is 0 Å². The van der Waals surface area contributed by atoms with Crippen LogP contribution in [0.5, 0.6) is 0 Å². The summed E-state index contributed by atoms with van der Waals surface area (Å²) in [7, 11) is 0. The molecule has 0 radical (unpaired) electrons. The Labute approximate surface area is 79.2 Å². The standard InChI is InChI=1S/C7H12O7/c8-3(9)1-2-4(10)5(11)6(12)7(13)14-2/h2,4-7,10-13H,1H2,(H,8,9)/t2-,4+,5+,6+,7-/m1/s1. The van der Waals surface area contributed by atoms with Crippen molar-refractivity contribution in [2.75, 3.05) is 0 Å². The van der Waals surface area contributed by atoms with Gasteiger partial charge >= 0.3 is 5.97 Å². The molecule has 1 rings (SSSR count). The van der Waals surface area contributed by atoms with Crippen LogP contribution < -0.4 is 0 Å². The van der Waals surface area contributed by atoms with E-state index < -0.39 is 43.1 Å². The Kier molecular flexibility index (Phi) is 3.40. The maximum atomic E-state index is 10.3. The number of aliphatic hydroxyl groups is 4. The van der Waals surface area contributed by atoms with Gasteiger partial charge in [-0.3, -0.25) is 4.79 Å². The monoisotopic (exact) mass is 208 g/mol. The van der Waals surface area contributed by atoms with Gasteiger partial charge in [0, 0.05) is 0 Å². The number of aliphatic carboxylic acids is 1. The zero-order chi connectivity index (χ0) is 10.9. The number of carboxylic acids is 1. The van der Waals surface area contributed by atoms with Crippen LogP contribution in [-0.4, -0.2) is 62.2 Å². The molecule has 0 aromatic carbocycles. The predicted molar refractivity (Wildman–Crippen MR) is 41.2 cm³/mol. The number of carbonyl (C=O) groups is 1. The molecule has 82 valence electrons. The lowest BCUT2D eigenvalue weighted by Crippen LogP contribution is -2.57. The van der Waals surface area contributed by atoms with Crippen molar-refractivity contribution in [2.45, 2.75) is 37.1 Å². The van der Waals surface area contributed by atoms with Crippen LogP contribution in [0.1, 0.15) is 6.42 Å². The third-order valence-corrected chi connectivity index (χ3v) is 2.06. The van der Waals surface area contributed by atoms with Crippen LogP contribution in [0.25, 0.3) is 0 Å².